The van der Waals surface area contributed by atoms with Crippen molar-refractivity contribution in [3.8, 4) is 0 Å². The summed E-state index contributed by atoms with van der Waals surface area (Å²) < 4.78 is 0. The van der Waals surface area contributed by atoms with Crippen LogP contribution in [0.1, 0.15) is 97.3 Å². The molecule has 0 amide bonds. The van der Waals surface area contributed by atoms with Crippen molar-refractivity contribution >= 4 is 15.9 Å². The van der Waals surface area contributed by atoms with E-state index in [4.69, 9.17) is 0 Å². The summed E-state index contributed by atoms with van der Waals surface area (Å²) in [7, 11) is 0. The molecule has 1 saturated carbocycles. The van der Waals surface area contributed by atoms with Gasteiger partial charge in [-0.3, -0.25) is 0 Å². The lowest BCUT2D eigenvalue weighted by Crippen LogP contribution is -2.24. The summed E-state index contributed by atoms with van der Waals surface area (Å²) in [6, 6.07) is 0. The summed E-state index contributed by atoms with van der Waals surface area (Å²) in [5.74, 6) is 1.99. The number of rotatable bonds is 10. The minimum Gasteiger partial charge on any atom is -0.0888 e. The molecule has 1 heteroatoms. The van der Waals surface area contributed by atoms with Gasteiger partial charge in [0.1, 0.15) is 0 Å². The Morgan fingerprint density at radius 2 is 1.47 bits per heavy atom. The van der Waals surface area contributed by atoms with Gasteiger partial charge in [0.15, 0.2) is 0 Å². The Hall–Kier alpha value is 0.480. The highest BCUT2D eigenvalue weighted by Gasteiger charge is 2.27. The molecule has 0 radical (unpaired) electrons. The second kappa shape index (κ2) is 11.2. The van der Waals surface area contributed by atoms with Crippen molar-refractivity contribution in [3.63, 3.8) is 0 Å². The fourth-order valence-corrected chi connectivity index (χ4v) is 4.28. The highest BCUT2D eigenvalue weighted by atomic mass is 79.9. The van der Waals surface area contributed by atoms with Gasteiger partial charge in [0.25, 0.3) is 0 Å². The lowest BCUT2D eigenvalue weighted by molar-refractivity contribution is 0.255. The zero-order valence-electron chi connectivity index (χ0n) is 13.3. The van der Waals surface area contributed by atoms with Gasteiger partial charge in [-0.25, -0.2) is 0 Å². The largest absolute Gasteiger partial charge is 0.0888 e. The Morgan fingerprint density at radius 1 is 0.842 bits per heavy atom. The number of hydrogen-bond acceptors (Lipinski definition) is 0. The highest BCUT2D eigenvalue weighted by Crippen LogP contribution is 2.38. The topological polar surface area (TPSA) is 0 Å². The van der Waals surface area contributed by atoms with E-state index in [0.29, 0.717) is 0 Å². The normalized spacial score (nSPS) is 27.6. The van der Waals surface area contributed by atoms with Gasteiger partial charge in [-0.1, -0.05) is 87.6 Å². The van der Waals surface area contributed by atoms with Crippen LogP contribution in [0.3, 0.4) is 0 Å². The van der Waals surface area contributed by atoms with Crippen molar-refractivity contribution in [2.24, 2.45) is 11.8 Å². The third kappa shape index (κ3) is 7.73. The van der Waals surface area contributed by atoms with Gasteiger partial charge in [0.2, 0.25) is 0 Å². The Kier molecular flexibility index (Phi) is 10.3. The standard InChI is InChI=1S/C18H35Br/c1-3-5-6-7-8-9-10-11-12-17-15-16(4-2)13-14-18(17)19/h16-18H,3-15H2,1-2H3. The molecular weight excluding hydrogens is 296 g/mol. The molecule has 19 heavy (non-hydrogen) atoms. The molecule has 3 atom stereocenters. The average Bonchev–Trinajstić information content (AvgIpc) is 2.43. The highest BCUT2D eigenvalue weighted by molar-refractivity contribution is 9.09. The number of hydrogen-bond donors (Lipinski definition) is 0. The molecule has 0 spiro atoms. The van der Waals surface area contributed by atoms with Crippen LogP contribution in [0.25, 0.3) is 0 Å². The van der Waals surface area contributed by atoms with Crippen molar-refractivity contribution < 1.29 is 0 Å². The smallest absolute Gasteiger partial charge is 0.0174 e. The second-order valence-corrected chi connectivity index (χ2v) is 7.80. The van der Waals surface area contributed by atoms with E-state index in [1.54, 1.807) is 0 Å². The van der Waals surface area contributed by atoms with Crippen molar-refractivity contribution in [1.82, 2.24) is 0 Å². The predicted molar refractivity (Wildman–Crippen MR) is 91.1 cm³/mol. The quantitative estimate of drug-likeness (QED) is 0.296. The molecule has 0 aromatic heterocycles. The van der Waals surface area contributed by atoms with Crippen molar-refractivity contribution in [2.45, 2.75) is 102 Å². The van der Waals surface area contributed by atoms with Gasteiger partial charge in [0, 0.05) is 4.83 Å². The second-order valence-electron chi connectivity index (χ2n) is 6.63. The van der Waals surface area contributed by atoms with Crippen LogP contribution >= 0.6 is 15.9 Å². The molecule has 0 N–H and O–H groups in total. The van der Waals surface area contributed by atoms with E-state index in [1.165, 1.54) is 83.5 Å². The minimum absolute atomic E-state index is 0.819. The summed E-state index contributed by atoms with van der Waals surface area (Å²) in [5.41, 5.74) is 0. The molecule has 0 aliphatic heterocycles. The van der Waals surface area contributed by atoms with Crippen LogP contribution in [0.5, 0.6) is 0 Å². The Morgan fingerprint density at radius 3 is 2.11 bits per heavy atom. The summed E-state index contributed by atoms with van der Waals surface area (Å²) in [6.07, 6.45) is 18.9. The van der Waals surface area contributed by atoms with Crippen LogP contribution in [-0.2, 0) is 0 Å². The number of unbranched alkanes of at least 4 members (excludes halogenated alkanes) is 7. The molecule has 1 fully saturated rings. The van der Waals surface area contributed by atoms with Crippen LogP contribution in [0.4, 0.5) is 0 Å². The first-order valence-electron chi connectivity index (χ1n) is 8.92. The summed E-state index contributed by atoms with van der Waals surface area (Å²) in [6.45, 7) is 4.66. The lowest BCUT2D eigenvalue weighted by Gasteiger charge is -2.33. The maximum atomic E-state index is 3.92. The first-order chi connectivity index (χ1) is 9.27. The molecule has 0 aromatic rings. The minimum atomic E-state index is 0.819. The van der Waals surface area contributed by atoms with E-state index in [1.807, 2.05) is 0 Å². The van der Waals surface area contributed by atoms with Crippen molar-refractivity contribution in [1.29, 1.82) is 0 Å². The fraction of sp³-hybridized carbons (Fsp3) is 1.00. The van der Waals surface area contributed by atoms with Gasteiger partial charge in [-0.05, 0) is 37.5 Å². The monoisotopic (exact) mass is 330 g/mol. The molecule has 0 bridgehead atoms. The van der Waals surface area contributed by atoms with Crippen LogP contribution < -0.4 is 0 Å². The molecule has 1 rings (SSSR count). The average molecular weight is 331 g/mol. The molecule has 0 nitrogen and oxygen atoms in total. The van der Waals surface area contributed by atoms with Gasteiger partial charge in [0.05, 0.1) is 0 Å². The zero-order chi connectivity index (χ0) is 13.9. The summed E-state index contributed by atoms with van der Waals surface area (Å²) in [5, 5.41) is 0. The van der Waals surface area contributed by atoms with E-state index in [2.05, 4.69) is 29.8 Å². The first-order valence-corrected chi connectivity index (χ1v) is 9.83. The number of halogens is 1. The van der Waals surface area contributed by atoms with Gasteiger partial charge >= 0.3 is 0 Å². The van der Waals surface area contributed by atoms with Crippen LogP contribution in [-0.4, -0.2) is 4.83 Å². The van der Waals surface area contributed by atoms with E-state index in [9.17, 15) is 0 Å². The number of alkyl halides is 1. The zero-order valence-corrected chi connectivity index (χ0v) is 14.9. The van der Waals surface area contributed by atoms with E-state index in [-0.39, 0.29) is 0 Å². The van der Waals surface area contributed by atoms with E-state index >= 15 is 0 Å². The molecule has 0 heterocycles. The van der Waals surface area contributed by atoms with Crippen molar-refractivity contribution in [3.05, 3.63) is 0 Å². The molecule has 0 saturated heterocycles. The molecule has 1 aliphatic rings. The van der Waals surface area contributed by atoms with Gasteiger partial charge in [-0.2, -0.15) is 0 Å². The molecule has 3 unspecified atom stereocenters. The van der Waals surface area contributed by atoms with Crippen molar-refractivity contribution in [2.75, 3.05) is 0 Å². The van der Waals surface area contributed by atoms with Gasteiger partial charge < -0.3 is 0 Å². The molecular formula is C18H35Br. The Bertz CT molecular complexity index is 202. The predicted octanol–water partition coefficient (Wildman–Crippen LogP) is 7.11. The SMILES string of the molecule is CCCCCCCCCCC1CC(CC)CCC1Br. The first kappa shape index (κ1) is 17.5. The lowest BCUT2D eigenvalue weighted by atomic mass is 9.78. The summed E-state index contributed by atoms with van der Waals surface area (Å²) in [4.78, 5) is 0.819. The van der Waals surface area contributed by atoms with E-state index in [0.717, 1.165) is 16.7 Å². The maximum absolute atomic E-state index is 3.92. The molecule has 0 aromatic carbocycles. The van der Waals surface area contributed by atoms with Gasteiger partial charge in [-0.15, -0.1) is 0 Å². The van der Waals surface area contributed by atoms with Crippen LogP contribution in [0.2, 0.25) is 0 Å². The van der Waals surface area contributed by atoms with E-state index < -0.39 is 0 Å². The third-order valence-corrected chi connectivity index (χ3v) is 6.21. The Balaban J connectivity index is 1.98. The Labute approximate surface area is 130 Å². The van der Waals surface area contributed by atoms with Crippen LogP contribution in [0.15, 0.2) is 0 Å². The molecule has 1 aliphatic carbocycles. The molecule has 114 valence electrons. The van der Waals surface area contributed by atoms with Crippen LogP contribution in [0, 0.1) is 11.8 Å². The third-order valence-electron chi connectivity index (χ3n) is 5.00. The summed E-state index contributed by atoms with van der Waals surface area (Å²) >= 11 is 3.92. The fourth-order valence-electron chi connectivity index (χ4n) is 3.53. The maximum Gasteiger partial charge on any atom is 0.0174 e.